The van der Waals surface area contributed by atoms with E-state index in [0.29, 0.717) is 25.4 Å². The van der Waals surface area contributed by atoms with Gasteiger partial charge in [-0.3, -0.25) is 19.2 Å². The van der Waals surface area contributed by atoms with Crippen LogP contribution in [0.15, 0.2) is 0 Å². The minimum absolute atomic E-state index is 0.303. The average molecular weight is 200 g/mol. The summed E-state index contributed by atoms with van der Waals surface area (Å²) in [6.07, 6.45) is 3.04. The molecule has 0 rings (SSSR count). The van der Waals surface area contributed by atoms with Crippen LogP contribution in [0, 0.1) is 0 Å². The maximum Gasteiger partial charge on any atom is 0.195 e. The van der Waals surface area contributed by atoms with Crippen molar-refractivity contribution in [2.75, 3.05) is 0 Å². The predicted molar refractivity (Wildman–Crippen MR) is 52.0 cm³/mol. The van der Waals surface area contributed by atoms with Crippen molar-refractivity contribution >= 4 is 24.1 Å². The van der Waals surface area contributed by atoms with E-state index in [-0.39, 0.29) is 11.6 Å². The molecule has 4 heteroatoms. The summed E-state index contributed by atoms with van der Waals surface area (Å²) in [5.41, 5.74) is 0. The molecule has 0 aromatic carbocycles. The first-order chi connectivity index (χ1) is 6.62. The van der Waals surface area contributed by atoms with E-state index in [0.717, 1.165) is 12.8 Å². The summed E-state index contributed by atoms with van der Waals surface area (Å²) < 4.78 is 0. The van der Waals surface area contributed by atoms with Crippen molar-refractivity contribution in [2.45, 2.75) is 39.5 Å². The largest absolute Gasteiger partial charge is 0.295 e. The van der Waals surface area contributed by atoms with Gasteiger partial charge in [0.1, 0.15) is 0 Å². The fourth-order valence-electron chi connectivity index (χ4n) is 0.611. The fourth-order valence-corrected chi connectivity index (χ4v) is 0.611. The van der Waals surface area contributed by atoms with Crippen molar-refractivity contribution in [1.29, 1.82) is 0 Å². The first kappa shape index (κ1) is 15.2. The van der Waals surface area contributed by atoms with Gasteiger partial charge in [-0.15, -0.1) is 0 Å². The lowest BCUT2D eigenvalue weighted by Crippen LogP contribution is -1.95. The summed E-state index contributed by atoms with van der Waals surface area (Å²) in [5.74, 6) is -0.606. The number of Topliss-reactive ketones (excluding diaryl/α,β-unsaturated/α-hetero) is 2. The van der Waals surface area contributed by atoms with Crippen LogP contribution in [0.1, 0.15) is 39.5 Å². The van der Waals surface area contributed by atoms with E-state index >= 15 is 0 Å². The van der Waals surface area contributed by atoms with E-state index < -0.39 is 0 Å². The van der Waals surface area contributed by atoms with Gasteiger partial charge in [0.15, 0.2) is 24.1 Å². The van der Waals surface area contributed by atoms with Crippen molar-refractivity contribution in [3.63, 3.8) is 0 Å². The van der Waals surface area contributed by atoms with E-state index in [9.17, 15) is 19.2 Å². The molecule has 0 aliphatic carbocycles. The molecule has 0 heterocycles. The molecule has 0 spiro atoms. The molecule has 0 N–H and O–H groups in total. The first-order valence-corrected chi connectivity index (χ1v) is 4.58. The van der Waals surface area contributed by atoms with Gasteiger partial charge < -0.3 is 0 Å². The summed E-state index contributed by atoms with van der Waals surface area (Å²) in [5, 5.41) is 0. The Morgan fingerprint density at radius 1 is 0.857 bits per heavy atom. The Balaban J connectivity index is 0. The highest BCUT2D eigenvalue weighted by molar-refractivity contribution is 6.25. The van der Waals surface area contributed by atoms with Crippen LogP contribution in [-0.2, 0) is 19.2 Å². The number of carbonyl (C=O) groups is 4. The van der Waals surface area contributed by atoms with Gasteiger partial charge in [-0.05, 0) is 12.8 Å². The lowest BCUT2D eigenvalue weighted by atomic mass is 10.2. The monoisotopic (exact) mass is 200 g/mol. The first-order valence-electron chi connectivity index (χ1n) is 4.58. The molecule has 0 saturated carbocycles. The van der Waals surface area contributed by atoms with Crippen LogP contribution in [0.25, 0.3) is 0 Å². The zero-order valence-corrected chi connectivity index (χ0v) is 8.62. The van der Waals surface area contributed by atoms with E-state index in [1.54, 1.807) is 0 Å². The molecule has 0 aliphatic heterocycles. The van der Waals surface area contributed by atoms with Gasteiger partial charge in [-0.1, -0.05) is 13.8 Å². The third-order valence-corrected chi connectivity index (χ3v) is 1.26. The standard InChI is InChI=1S/2C5H8O2/c2*1-2-3-5(7)4-6/h2*4H,2-3H2,1H3. The molecule has 14 heavy (non-hydrogen) atoms. The summed E-state index contributed by atoms with van der Waals surface area (Å²) in [7, 11) is 0. The number of carbonyl (C=O) groups excluding carboxylic acids is 4. The number of hydrogen-bond donors (Lipinski definition) is 0. The van der Waals surface area contributed by atoms with Gasteiger partial charge in [-0.2, -0.15) is 0 Å². The Bertz CT molecular complexity index is 174. The Morgan fingerprint density at radius 3 is 1.21 bits per heavy atom. The van der Waals surface area contributed by atoms with Gasteiger partial charge in [0.2, 0.25) is 0 Å². The number of hydrogen-bond acceptors (Lipinski definition) is 4. The molecule has 4 nitrogen and oxygen atoms in total. The maximum atomic E-state index is 10.0. The number of rotatable bonds is 6. The molecular formula is C10H16O4. The SMILES string of the molecule is CCCC(=O)C=O.CCCC(=O)C=O. The summed E-state index contributed by atoms with van der Waals surface area (Å²) in [6.45, 7) is 3.72. The topological polar surface area (TPSA) is 68.3 Å². The molecule has 0 radical (unpaired) electrons. The van der Waals surface area contributed by atoms with E-state index in [4.69, 9.17) is 0 Å². The van der Waals surface area contributed by atoms with Crippen LogP contribution >= 0.6 is 0 Å². The van der Waals surface area contributed by atoms with Gasteiger partial charge in [0, 0.05) is 12.8 Å². The third-order valence-electron chi connectivity index (χ3n) is 1.26. The van der Waals surface area contributed by atoms with Crippen LogP contribution in [-0.4, -0.2) is 24.1 Å². The smallest absolute Gasteiger partial charge is 0.195 e. The molecular weight excluding hydrogens is 184 g/mol. The second-order valence-corrected chi connectivity index (χ2v) is 2.67. The van der Waals surface area contributed by atoms with E-state index in [2.05, 4.69) is 0 Å². The molecule has 0 amide bonds. The minimum Gasteiger partial charge on any atom is -0.295 e. The summed E-state index contributed by atoms with van der Waals surface area (Å²) in [6, 6.07) is 0. The summed E-state index contributed by atoms with van der Waals surface area (Å²) >= 11 is 0. The second-order valence-electron chi connectivity index (χ2n) is 2.67. The van der Waals surface area contributed by atoms with Crippen molar-refractivity contribution in [1.82, 2.24) is 0 Å². The predicted octanol–water partition coefficient (Wildman–Crippen LogP) is 1.11. The number of aldehydes is 2. The van der Waals surface area contributed by atoms with E-state index in [1.165, 1.54) is 0 Å². The summed E-state index contributed by atoms with van der Waals surface area (Å²) in [4.78, 5) is 39.2. The number of ketones is 2. The molecule has 0 aliphatic rings. The molecule has 0 bridgehead atoms. The molecule has 0 aromatic rings. The van der Waals surface area contributed by atoms with E-state index in [1.807, 2.05) is 13.8 Å². The van der Waals surface area contributed by atoms with Crippen LogP contribution in [0.3, 0.4) is 0 Å². The molecule has 0 saturated heterocycles. The van der Waals surface area contributed by atoms with Gasteiger partial charge in [-0.25, -0.2) is 0 Å². The van der Waals surface area contributed by atoms with Crippen LogP contribution in [0.5, 0.6) is 0 Å². The molecule has 0 fully saturated rings. The highest BCUT2D eigenvalue weighted by atomic mass is 16.2. The lowest BCUT2D eigenvalue weighted by Gasteiger charge is -1.79. The van der Waals surface area contributed by atoms with Crippen LogP contribution < -0.4 is 0 Å². The van der Waals surface area contributed by atoms with Crippen molar-refractivity contribution in [2.24, 2.45) is 0 Å². The normalized spacial score (nSPS) is 8.14. The molecule has 80 valence electrons. The van der Waals surface area contributed by atoms with Gasteiger partial charge >= 0.3 is 0 Å². The molecule has 0 atom stereocenters. The third kappa shape index (κ3) is 13.3. The zero-order chi connectivity index (χ0) is 11.4. The highest BCUT2D eigenvalue weighted by Crippen LogP contribution is 1.83. The average Bonchev–Trinajstić information content (AvgIpc) is 2.19. The minimum atomic E-state index is -0.303. The lowest BCUT2D eigenvalue weighted by molar-refractivity contribution is -0.129. The Kier molecular flexibility index (Phi) is 12.7. The molecule has 0 unspecified atom stereocenters. The van der Waals surface area contributed by atoms with Crippen molar-refractivity contribution in [3.05, 3.63) is 0 Å². The van der Waals surface area contributed by atoms with Gasteiger partial charge in [0.05, 0.1) is 0 Å². The van der Waals surface area contributed by atoms with Crippen LogP contribution in [0.4, 0.5) is 0 Å². The van der Waals surface area contributed by atoms with Gasteiger partial charge in [0.25, 0.3) is 0 Å². The highest BCUT2D eigenvalue weighted by Gasteiger charge is 1.92. The van der Waals surface area contributed by atoms with Crippen molar-refractivity contribution < 1.29 is 19.2 Å². The zero-order valence-electron chi connectivity index (χ0n) is 8.62. The Morgan fingerprint density at radius 2 is 1.14 bits per heavy atom. The quantitative estimate of drug-likeness (QED) is 0.475. The van der Waals surface area contributed by atoms with Crippen LogP contribution in [0.2, 0.25) is 0 Å². The fraction of sp³-hybridized carbons (Fsp3) is 0.600. The Hall–Kier alpha value is -1.32. The maximum absolute atomic E-state index is 10.0. The molecule has 0 aromatic heterocycles. The Labute approximate surface area is 83.7 Å². The van der Waals surface area contributed by atoms with Crippen molar-refractivity contribution in [3.8, 4) is 0 Å². The second kappa shape index (κ2) is 11.7.